The normalized spacial score (nSPS) is 14.7. The molecule has 0 bridgehead atoms. The molecule has 6 heterocycles. The molecule has 2 aliphatic rings. The van der Waals surface area contributed by atoms with Gasteiger partial charge in [0.05, 0.1) is 48.4 Å². The molecular weight excluding hydrogens is 967 g/mol. The van der Waals surface area contributed by atoms with Crippen LogP contribution in [0.2, 0.25) is 0 Å². The number of aromatic nitrogens is 4. The molecule has 0 saturated carbocycles. The van der Waals surface area contributed by atoms with E-state index in [0.717, 1.165) is 122 Å². The monoisotopic (exact) mass is 1030 g/mol. The summed E-state index contributed by atoms with van der Waals surface area (Å²) in [6.07, 6.45) is 11.9. The lowest BCUT2D eigenvalue weighted by Gasteiger charge is -2.33. The number of nitrogens with one attached hydrogen (secondary N) is 2. The molecule has 4 aromatic heterocycles. The third-order valence-corrected chi connectivity index (χ3v) is 14.6. The molecule has 14 nitrogen and oxygen atoms in total. The number of carbonyl (C=O) groups is 4. The molecule has 2 saturated heterocycles. The van der Waals surface area contributed by atoms with E-state index in [1.807, 2.05) is 97.1 Å². The van der Waals surface area contributed by atoms with E-state index in [1.165, 1.54) is 24.3 Å². The second kappa shape index (κ2) is 24.1. The van der Waals surface area contributed by atoms with Gasteiger partial charge in [-0.05, 0) is 134 Å². The van der Waals surface area contributed by atoms with Gasteiger partial charge in [-0.15, -0.1) is 0 Å². The van der Waals surface area contributed by atoms with Crippen molar-refractivity contribution in [3.63, 3.8) is 0 Å². The SMILES string of the molecule is O=C(Cc1ccc2c(OC(=O)C(=O)Oc3cn(C4CCN(CCc5ccc(F)cc5)CC4)c4cc(CC(=O)NCc5ccccn5)ccc34)cn(C3CCN(CCc4ccc(F)cc4)CC3)c2c1)NCc1ccccn1. The number of esters is 2. The van der Waals surface area contributed by atoms with Crippen LogP contribution in [-0.4, -0.2) is 91.9 Å². The molecular formula is C60H60F2N8O6. The van der Waals surface area contributed by atoms with Crippen molar-refractivity contribution in [2.75, 3.05) is 39.3 Å². The lowest BCUT2D eigenvalue weighted by molar-refractivity contribution is -0.156. The van der Waals surface area contributed by atoms with Gasteiger partial charge in [-0.1, -0.05) is 48.5 Å². The second-order valence-electron chi connectivity index (χ2n) is 19.7. The molecule has 0 atom stereocenters. The molecule has 390 valence electrons. The maximum Gasteiger partial charge on any atom is 0.423 e. The summed E-state index contributed by atoms with van der Waals surface area (Å²) in [6.45, 7) is 5.50. The van der Waals surface area contributed by atoms with Crippen molar-refractivity contribution in [2.24, 2.45) is 0 Å². The van der Waals surface area contributed by atoms with Gasteiger partial charge in [0.2, 0.25) is 11.8 Å². The number of benzene rings is 4. The molecule has 76 heavy (non-hydrogen) atoms. The predicted octanol–water partition coefficient (Wildman–Crippen LogP) is 8.65. The van der Waals surface area contributed by atoms with Crippen LogP contribution in [0.25, 0.3) is 21.8 Å². The molecule has 2 fully saturated rings. The van der Waals surface area contributed by atoms with Gasteiger partial charge in [0.15, 0.2) is 11.5 Å². The first-order valence-corrected chi connectivity index (χ1v) is 26.0. The number of halogens is 2. The largest absolute Gasteiger partial charge is 0.423 e. The number of hydrogen-bond acceptors (Lipinski definition) is 10. The number of rotatable bonds is 18. The van der Waals surface area contributed by atoms with Crippen molar-refractivity contribution < 1.29 is 37.4 Å². The zero-order valence-corrected chi connectivity index (χ0v) is 42.2. The van der Waals surface area contributed by atoms with E-state index in [4.69, 9.17) is 9.47 Å². The van der Waals surface area contributed by atoms with E-state index in [0.29, 0.717) is 23.9 Å². The van der Waals surface area contributed by atoms with Gasteiger partial charge in [-0.25, -0.2) is 18.4 Å². The lowest BCUT2D eigenvalue weighted by atomic mass is 10.0. The summed E-state index contributed by atoms with van der Waals surface area (Å²) in [4.78, 5) is 67.6. The molecule has 2 N–H and O–H groups in total. The highest BCUT2D eigenvalue weighted by Crippen LogP contribution is 2.37. The number of piperidine rings is 2. The number of hydrogen-bond donors (Lipinski definition) is 2. The van der Waals surface area contributed by atoms with E-state index < -0.39 is 11.9 Å². The van der Waals surface area contributed by atoms with Gasteiger partial charge in [0.25, 0.3) is 0 Å². The summed E-state index contributed by atoms with van der Waals surface area (Å²) >= 11 is 0. The minimum Gasteiger partial charge on any atom is -0.416 e. The molecule has 2 amide bonds. The Morgan fingerprint density at radius 1 is 0.513 bits per heavy atom. The van der Waals surface area contributed by atoms with E-state index in [2.05, 4.69) is 39.5 Å². The summed E-state index contributed by atoms with van der Waals surface area (Å²) in [5.74, 6) is -2.84. The molecule has 0 spiro atoms. The van der Waals surface area contributed by atoms with Gasteiger partial charge in [-0.3, -0.25) is 19.6 Å². The van der Waals surface area contributed by atoms with Crippen LogP contribution in [0.4, 0.5) is 8.78 Å². The number of carbonyl (C=O) groups excluding carboxylic acids is 4. The Balaban J connectivity index is 0.855. The number of fused-ring (bicyclic) bond motifs is 2. The van der Waals surface area contributed by atoms with Crippen molar-refractivity contribution in [2.45, 2.75) is 76.5 Å². The number of ether oxygens (including phenoxy) is 2. The maximum atomic E-state index is 13.9. The molecule has 0 radical (unpaired) electrons. The molecule has 2 aliphatic heterocycles. The summed E-state index contributed by atoms with van der Waals surface area (Å²) in [5, 5.41) is 7.11. The first-order valence-electron chi connectivity index (χ1n) is 26.0. The number of amides is 2. The van der Waals surface area contributed by atoms with E-state index in [9.17, 15) is 28.0 Å². The molecule has 0 unspecified atom stereocenters. The first kappa shape index (κ1) is 51.4. The average molecular weight is 1030 g/mol. The van der Waals surface area contributed by atoms with Gasteiger partial charge in [-0.2, -0.15) is 0 Å². The highest BCUT2D eigenvalue weighted by Gasteiger charge is 2.29. The summed E-state index contributed by atoms with van der Waals surface area (Å²) in [5.41, 5.74) is 6.70. The zero-order valence-electron chi connectivity index (χ0n) is 42.2. The van der Waals surface area contributed by atoms with Crippen LogP contribution in [-0.2, 0) is 58.0 Å². The van der Waals surface area contributed by atoms with Gasteiger partial charge >= 0.3 is 11.9 Å². The summed E-state index contributed by atoms with van der Waals surface area (Å²) < 4.78 is 43.2. The fourth-order valence-electron chi connectivity index (χ4n) is 10.4. The maximum absolute atomic E-state index is 13.9. The van der Waals surface area contributed by atoms with E-state index in [1.54, 1.807) is 24.8 Å². The van der Waals surface area contributed by atoms with Crippen LogP contribution >= 0.6 is 0 Å². The highest BCUT2D eigenvalue weighted by atomic mass is 19.1. The molecule has 8 aromatic rings. The third-order valence-electron chi connectivity index (χ3n) is 14.6. The van der Waals surface area contributed by atoms with E-state index in [-0.39, 0.29) is 59.9 Å². The van der Waals surface area contributed by atoms with Gasteiger partial charge < -0.3 is 39.0 Å². The van der Waals surface area contributed by atoms with Gasteiger partial charge in [0.1, 0.15) is 11.6 Å². The van der Waals surface area contributed by atoms with Crippen LogP contribution in [0.15, 0.2) is 146 Å². The highest BCUT2D eigenvalue weighted by molar-refractivity contribution is 6.31. The van der Waals surface area contributed by atoms with Crippen molar-refractivity contribution in [3.8, 4) is 11.5 Å². The Labute approximate surface area is 439 Å². The fourth-order valence-corrected chi connectivity index (χ4v) is 10.4. The molecule has 16 heteroatoms. The minimum absolute atomic E-state index is 0.0295. The molecule has 0 aliphatic carbocycles. The molecule has 10 rings (SSSR count). The molecule has 4 aromatic carbocycles. The second-order valence-corrected chi connectivity index (χ2v) is 19.7. The topological polar surface area (TPSA) is 153 Å². The summed E-state index contributed by atoms with van der Waals surface area (Å²) in [7, 11) is 0. The third kappa shape index (κ3) is 13.0. The average Bonchev–Trinajstić information content (AvgIpc) is 4.00. The number of pyridine rings is 2. The Kier molecular flexibility index (Phi) is 16.3. The fraction of sp³-hybridized carbons (Fsp3) is 0.300. The van der Waals surface area contributed by atoms with E-state index >= 15 is 0 Å². The van der Waals surface area contributed by atoms with Crippen LogP contribution in [0.3, 0.4) is 0 Å². The van der Waals surface area contributed by atoms with Crippen LogP contribution in [0.5, 0.6) is 11.5 Å². The Morgan fingerprint density at radius 3 is 1.29 bits per heavy atom. The quantitative estimate of drug-likeness (QED) is 0.0631. The Morgan fingerprint density at radius 2 is 0.908 bits per heavy atom. The predicted molar refractivity (Wildman–Crippen MR) is 284 cm³/mol. The van der Waals surface area contributed by atoms with Crippen molar-refractivity contribution in [1.29, 1.82) is 0 Å². The zero-order chi connectivity index (χ0) is 52.4. The van der Waals surface area contributed by atoms with Crippen molar-refractivity contribution >= 4 is 45.6 Å². The smallest absolute Gasteiger partial charge is 0.416 e. The van der Waals surface area contributed by atoms with Crippen molar-refractivity contribution in [1.82, 2.24) is 39.5 Å². The summed E-state index contributed by atoms with van der Waals surface area (Å²) in [6, 6.07) is 35.5. The number of nitrogens with zero attached hydrogens (tertiary/aromatic N) is 6. The Bertz CT molecular complexity index is 3080. The number of likely N-dealkylation sites (tertiary alicyclic amines) is 2. The van der Waals surface area contributed by atoms with Crippen LogP contribution in [0, 0.1) is 11.6 Å². The first-order chi connectivity index (χ1) is 37.1. The lowest BCUT2D eigenvalue weighted by Crippen LogP contribution is -2.35. The van der Waals surface area contributed by atoms with Gasteiger partial charge in [0, 0.05) is 86.9 Å². The Hall–Kier alpha value is -8.08. The minimum atomic E-state index is -1.19. The van der Waals surface area contributed by atoms with Crippen LogP contribution < -0.4 is 20.1 Å². The standard InChI is InChI=1S/C60H60F2N8O6/c61-45-13-7-41(8-14-45)19-27-67-29-21-49(22-30-67)69-39-55(51-17-11-43(33-53(51)69)35-57(71)65-37-47-5-1-3-25-63-47)75-59(73)60(74)76-56-40-70(50-23-31-68(32-24-50)28-20-42-9-15-46(62)16-10-42)54-34-44(12-18-52(54)56)36-58(72)66-38-48-6-2-4-26-64-48/h1-18,25-26,33-34,39-40,49-50H,19-24,27-32,35-38H2,(H,65,71)(H,66,72). The van der Waals surface area contributed by atoms with Crippen LogP contribution in [0.1, 0.15) is 71.4 Å². The van der Waals surface area contributed by atoms with Crippen molar-refractivity contribution in [3.05, 3.63) is 191 Å².